The van der Waals surface area contributed by atoms with Gasteiger partial charge < -0.3 is 42.6 Å². The van der Waals surface area contributed by atoms with Crippen LogP contribution in [0.5, 0.6) is 0 Å². The molecule has 14 heteroatoms. The Hall–Kier alpha value is -4.30. The van der Waals surface area contributed by atoms with E-state index >= 15 is 0 Å². The molecule has 0 bridgehead atoms. The molecule has 3 amide bonds. The third kappa shape index (κ3) is 10.9. The standard InChI is InChI=1S/C25H35N7O7/c26-9-5-4-8-17(27)22(35)30-19(11-16-13-28-14-29-16)24(37)31-18(10-15-6-2-1-3-7-15)23(36)32-20(25(38)39)12-21(33)34/h1-3,6-7,13-14,17-20H,4-5,8-12,26-27H2,(H,28,29)(H,30,35)(H,31,37)(H,32,36)(H,33,34)(H,38,39). The average Bonchev–Trinajstić information content (AvgIpc) is 3.41. The normalized spacial score (nSPS) is 13.9. The minimum absolute atomic E-state index is 0.00351. The number of imidazole rings is 1. The van der Waals surface area contributed by atoms with Crippen LogP contribution in [0, 0.1) is 0 Å². The molecule has 39 heavy (non-hydrogen) atoms. The number of carbonyl (C=O) groups excluding carboxylic acids is 3. The van der Waals surface area contributed by atoms with Gasteiger partial charge in [-0.25, -0.2) is 9.78 Å². The summed E-state index contributed by atoms with van der Waals surface area (Å²) in [5.41, 5.74) is 12.7. The number of carboxylic acid groups (broad SMARTS) is 2. The van der Waals surface area contributed by atoms with Crippen molar-refractivity contribution in [1.29, 1.82) is 0 Å². The topological polar surface area (TPSA) is 243 Å². The van der Waals surface area contributed by atoms with Crippen LogP contribution < -0.4 is 27.4 Å². The third-order valence-corrected chi connectivity index (χ3v) is 5.83. The van der Waals surface area contributed by atoms with E-state index in [9.17, 15) is 29.1 Å². The van der Waals surface area contributed by atoms with Crippen LogP contribution in [0.15, 0.2) is 42.9 Å². The number of nitrogens with one attached hydrogen (secondary N) is 4. The molecule has 0 fully saturated rings. The zero-order valence-corrected chi connectivity index (χ0v) is 21.3. The SMILES string of the molecule is NCCCCC(N)C(=O)NC(Cc1cnc[nH]1)C(=O)NC(Cc1ccccc1)C(=O)NC(CC(=O)O)C(=O)O. The Morgan fingerprint density at radius 2 is 1.49 bits per heavy atom. The van der Waals surface area contributed by atoms with E-state index in [1.54, 1.807) is 30.3 Å². The predicted octanol–water partition coefficient (Wildman–Crippen LogP) is -1.34. The van der Waals surface area contributed by atoms with Crippen molar-refractivity contribution < 1.29 is 34.2 Å². The first kappa shape index (κ1) is 30.9. The van der Waals surface area contributed by atoms with Crippen LogP contribution in [-0.4, -0.2) is 80.6 Å². The van der Waals surface area contributed by atoms with E-state index in [2.05, 4.69) is 25.9 Å². The summed E-state index contributed by atoms with van der Waals surface area (Å²) >= 11 is 0. The Balaban J connectivity index is 2.24. The summed E-state index contributed by atoms with van der Waals surface area (Å²) in [6.45, 7) is 0.458. The van der Waals surface area contributed by atoms with Crippen molar-refractivity contribution in [3.05, 3.63) is 54.1 Å². The van der Waals surface area contributed by atoms with Crippen LogP contribution in [-0.2, 0) is 36.8 Å². The van der Waals surface area contributed by atoms with Gasteiger partial charge in [-0.05, 0) is 24.9 Å². The first-order valence-corrected chi connectivity index (χ1v) is 12.4. The number of nitrogens with zero attached hydrogens (tertiary/aromatic N) is 1. The summed E-state index contributed by atoms with van der Waals surface area (Å²) in [5.74, 6) is -5.15. The average molecular weight is 546 g/mol. The van der Waals surface area contributed by atoms with Crippen LogP contribution in [0.2, 0.25) is 0 Å². The molecular weight excluding hydrogens is 510 g/mol. The lowest BCUT2D eigenvalue weighted by Gasteiger charge is -2.25. The van der Waals surface area contributed by atoms with E-state index in [0.717, 1.165) is 0 Å². The minimum atomic E-state index is -1.71. The Bertz CT molecular complexity index is 1100. The lowest BCUT2D eigenvalue weighted by atomic mass is 10.0. The van der Waals surface area contributed by atoms with E-state index in [0.29, 0.717) is 37.1 Å². The van der Waals surface area contributed by atoms with E-state index < -0.39 is 60.2 Å². The fourth-order valence-electron chi connectivity index (χ4n) is 3.72. The largest absolute Gasteiger partial charge is 0.481 e. The van der Waals surface area contributed by atoms with Crippen LogP contribution >= 0.6 is 0 Å². The number of unbranched alkanes of at least 4 members (excludes halogenated alkanes) is 1. The lowest BCUT2D eigenvalue weighted by Crippen LogP contribution is -2.58. The highest BCUT2D eigenvalue weighted by Gasteiger charge is 2.31. The van der Waals surface area contributed by atoms with Crippen LogP contribution in [0.3, 0.4) is 0 Å². The second kappa shape index (κ2) is 15.8. The van der Waals surface area contributed by atoms with Crippen LogP contribution in [0.1, 0.15) is 36.9 Å². The number of hydrogen-bond acceptors (Lipinski definition) is 8. The zero-order valence-electron chi connectivity index (χ0n) is 21.3. The monoisotopic (exact) mass is 545 g/mol. The molecular formula is C25H35N7O7. The van der Waals surface area contributed by atoms with Gasteiger partial charge in [-0.1, -0.05) is 36.8 Å². The number of aromatic nitrogens is 2. The molecule has 0 aliphatic carbocycles. The maximum atomic E-state index is 13.4. The molecule has 212 valence electrons. The van der Waals surface area contributed by atoms with Gasteiger partial charge in [0.05, 0.1) is 18.8 Å². The second-order valence-electron chi connectivity index (χ2n) is 8.98. The smallest absolute Gasteiger partial charge is 0.326 e. The molecule has 2 aromatic rings. The molecule has 14 nitrogen and oxygen atoms in total. The van der Waals surface area contributed by atoms with E-state index in [4.69, 9.17) is 16.6 Å². The number of carbonyl (C=O) groups is 5. The van der Waals surface area contributed by atoms with Crippen molar-refractivity contribution in [1.82, 2.24) is 25.9 Å². The van der Waals surface area contributed by atoms with Crippen molar-refractivity contribution >= 4 is 29.7 Å². The van der Waals surface area contributed by atoms with Crippen LogP contribution in [0.25, 0.3) is 0 Å². The first-order valence-electron chi connectivity index (χ1n) is 12.4. The molecule has 10 N–H and O–H groups in total. The molecule has 2 rings (SSSR count). The Kier molecular flexibility index (Phi) is 12.6. The van der Waals surface area contributed by atoms with Crippen molar-refractivity contribution in [3.63, 3.8) is 0 Å². The number of carboxylic acids is 2. The first-order chi connectivity index (χ1) is 18.6. The fraction of sp³-hybridized carbons (Fsp3) is 0.440. The number of aliphatic carboxylic acids is 2. The van der Waals surface area contributed by atoms with Gasteiger partial charge >= 0.3 is 11.9 Å². The maximum Gasteiger partial charge on any atom is 0.326 e. The number of hydrogen-bond donors (Lipinski definition) is 8. The molecule has 0 saturated carbocycles. The minimum Gasteiger partial charge on any atom is -0.481 e. The molecule has 1 aromatic carbocycles. The van der Waals surface area contributed by atoms with Crippen molar-refractivity contribution in [2.45, 2.75) is 62.7 Å². The fourth-order valence-corrected chi connectivity index (χ4v) is 3.72. The highest BCUT2D eigenvalue weighted by atomic mass is 16.4. The summed E-state index contributed by atoms with van der Waals surface area (Å²) < 4.78 is 0. The summed E-state index contributed by atoms with van der Waals surface area (Å²) in [6.07, 6.45) is 3.69. The number of H-pyrrole nitrogens is 1. The quantitative estimate of drug-likeness (QED) is 0.109. The van der Waals surface area contributed by atoms with Gasteiger partial charge in [-0.15, -0.1) is 0 Å². The molecule has 0 spiro atoms. The van der Waals surface area contributed by atoms with E-state index in [1.165, 1.54) is 12.5 Å². The van der Waals surface area contributed by atoms with E-state index in [1.807, 2.05) is 0 Å². The van der Waals surface area contributed by atoms with Gasteiger partial charge in [-0.3, -0.25) is 19.2 Å². The molecule has 0 aliphatic rings. The summed E-state index contributed by atoms with van der Waals surface area (Å²) in [4.78, 5) is 68.5. The molecule has 4 atom stereocenters. The van der Waals surface area contributed by atoms with Crippen molar-refractivity contribution in [2.24, 2.45) is 11.5 Å². The van der Waals surface area contributed by atoms with Gasteiger partial charge in [0.25, 0.3) is 0 Å². The van der Waals surface area contributed by atoms with Gasteiger partial charge in [0.1, 0.15) is 18.1 Å². The van der Waals surface area contributed by atoms with Crippen molar-refractivity contribution in [2.75, 3.05) is 6.54 Å². The summed E-state index contributed by atoms with van der Waals surface area (Å²) in [7, 11) is 0. The zero-order chi connectivity index (χ0) is 28.8. The van der Waals surface area contributed by atoms with E-state index in [-0.39, 0.29) is 12.8 Å². The molecule has 1 aromatic heterocycles. The third-order valence-electron chi connectivity index (χ3n) is 5.83. The molecule has 0 saturated heterocycles. The second-order valence-corrected chi connectivity index (χ2v) is 8.98. The predicted molar refractivity (Wildman–Crippen MR) is 139 cm³/mol. The Labute approximate surface area is 224 Å². The summed E-state index contributed by atoms with van der Waals surface area (Å²) in [5, 5.41) is 25.7. The molecule has 0 radical (unpaired) electrons. The maximum absolute atomic E-state index is 13.4. The van der Waals surface area contributed by atoms with Crippen LogP contribution in [0.4, 0.5) is 0 Å². The number of benzene rings is 1. The highest BCUT2D eigenvalue weighted by Crippen LogP contribution is 2.07. The summed E-state index contributed by atoms with van der Waals surface area (Å²) in [6, 6.07) is 3.60. The molecule has 0 aliphatic heterocycles. The number of rotatable bonds is 17. The van der Waals surface area contributed by atoms with Gasteiger partial charge in [0.2, 0.25) is 17.7 Å². The van der Waals surface area contributed by atoms with Crippen molar-refractivity contribution in [3.8, 4) is 0 Å². The molecule has 1 heterocycles. The van der Waals surface area contributed by atoms with Gasteiger partial charge in [0, 0.05) is 24.7 Å². The van der Waals surface area contributed by atoms with Gasteiger partial charge in [-0.2, -0.15) is 0 Å². The Morgan fingerprint density at radius 1 is 0.872 bits per heavy atom. The lowest BCUT2D eigenvalue weighted by molar-refractivity contribution is -0.147. The highest BCUT2D eigenvalue weighted by molar-refractivity contribution is 5.94. The Morgan fingerprint density at radius 3 is 2.05 bits per heavy atom. The number of nitrogens with two attached hydrogens (primary N) is 2. The number of amides is 3. The molecule has 4 unspecified atom stereocenters. The number of aromatic amines is 1. The van der Waals surface area contributed by atoms with Gasteiger partial charge in [0.15, 0.2) is 0 Å².